The van der Waals surface area contributed by atoms with E-state index in [9.17, 15) is 19.5 Å². The first-order chi connectivity index (χ1) is 11.9. The van der Waals surface area contributed by atoms with Gasteiger partial charge in [0.15, 0.2) is 16.4 Å². The van der Waals surface area contributed by atoms with E-state index in [4.69, 9.17) is 16.3 Å². The molecule has 0 unspecified atom stereocenters. The maximum Gasteiger partial charge on any atom is 0.351 e. The maximum absolute atomic E-state index is 11.7. The number of ether oxygens (including phenoxy) is 2. The summed E-state index contributed by atoms with van der Waals surface area (Å²) in [6.45, 7) is 0. The fraction of sp³-hybridized carbons (Fsp3) is 0.0625. The Bertz CT molecular complexity index is 845. The Balaban J connectivity index is 2.27. The van der Waals surface area contributed by atoms with Crippen molar-refractivity contribution in [1.82, 2.24) is 0 Å². The number of hydrogen-bond donors (Lipinski definition) is 1. The van der Waals surface area contributed by atoms with Crippen LogP contribution in [0.5, 0.6) is 11.5 Å². The van der Waals surface area contributed by atoms with Crippen molar-refractivity contribution in [2.45, 2.75) is 0 Å². The monoisotopic (exact) mass is 380 g/mol. The lowest BCUT2D eigenvalue weighted by Gasteiger charge is -2.12. The summed E-state index contributed by atoms with van der Waals surface area (Å²) in [5, 5.41) is 14.8. The first kappa shape index (κ1) is 18.5. The molecule has 1 heterocycles. The van der Waals surface area contributed by atoms with E-state index in [0.717, 1.165) is 17.4 Å². The van der Waals surface area contributed by atoms with E-state index in [1.54, 1.807) is 11.4 Å². The zero-order valence-electron chi connectivity index (χ0n) is 12.8. The van der Waals surface area contributed by atoms with E-state index in [1.807, 2.05) is 0 Å². The van der Waals surface area contributed by atoms with Gasteiger partial charge in [-0.1, -0.05) is 11.6 Å². The van der Waals surface area contributed by atoms with Gasteiger partial charge in [-0.2, -0.15) is 0 Å². The second-order valence-corrected chi connectivity index (χ2v) is 5.84. The molecule has 0 aliphatic heterocycles. The zero-order chi connectivity index (χ0) is 18.4. The highest BCUT2D eigenvalue weighted by atomic mass is 35.5. The molecule has 0 saturated carbocycles. The fourth-order valence-corrected chi connectivity index (χ4v) is 2.65. The number of halogens is 1. The van der Waals surface area contributed by atoms with Gasteiger partial charge in [-0.3, -0.25) is 4.79 Å². The number of amides is 1. The molecule has 7 nitrogen and oxygen atoms in total. The van der Waals surface area contributed by atoms with Crippen LogP contribution >= 0.6 is 22.9 Å². The minimum atomic E-state index is -1.50. The Labute approximate surface area is 151 Å². The van der Waals surface area contributed by atoms with E-state index in [0.29, 0.717) is 11.1 Å². The normalized spacial score (nSPS) is 10.5. The molecule has 1 aromatic heterocycles. The van der Waals surface area contributed by atoms with Crippen LogP contribution in [0.15, 0.2) is 41.8 Å². The molecule has 1 amide bonds. The summed E-state index contributed by atoms with van der Waals surface area (Å²) in [5.74, 6) is -2.31. The Morgan fingerprint density at radius 1 is 1.20 bits per heavy atom. The molecular formula is C16H11ClNO6S-. The molecule has 0 saturated heterocycles. The van der Waals surface area contributed by atoms with E-state index < -0.39 is 17.8 Å². The first-order valence-electron chi connectivity index (χ1n) is 6.74. The topological polar surface area (TPSA) is 105 Å². The van der Waals surface area contributed by atoms with Crippen LogP contribution in [0.25, 0.3) is 0 Å². The second kappa shape index (κ2) is 8.32. The van der Waals surface area contributed by atoms with Gasteiger partial charge in [0, 0.05) is 11.1 Å². The minimum absolute atomic E-state index is 0.197. The third kappa shape index (κ3) is 5.07. The van der Waals surface area contributed by atoms with E-state index >= 15 is 0 Å². The smallest absolute Gasteiger partial charge is 0.351 e. The average molecular weight is 381 g/mol. The number of nitrogens with one attached hydrogen (secondary N) is 1. The number of benzene rings is 1. The predicted octanol–water partition coefficient (Wildman–Crippen LogP) is 2.22. The molecule has 1 N–H and O–H groups in total. The van der Waals surface area contributed by atoms with Crippen LogP contribution in [0.3, 0.4) is 0 Å². The average Bonchev–Trinajstić information content (AvgIpc) is 3.03. The van der Waals surface area contributed by atoms with Gasteiger partial charge in [-0.15, -0.1) is 11.3 Å². The molecule has 0 bridgehead atoms. The van der Waals surface area contributed by atoms with Crippen LogP contribution in [-0.4, -0.2) is 25.0 Å². The molecule has 2 rings (SSSR count). The number of thiophene rings is 1. The van der Waals surface area contributed by atoms with Crippen LogP contribution in [0.4, 0.5) is 5.69 Å². The van der Waals surface area contributed by atoms with E-state index in [2.05, 4.69) is 10.1 Å². The molecule has 0 spiro atoms. The lowest BCUT2D eigenvalue weighted by Crippen LogP contribution is -2.20. The van der Waals surface area contributed by atoms with Crippen molar-refractivity contribution in [3.63, 3.8) is 0 Å². The van der Waals surface area contributed by atoms with Crippen molar-refractivity contribution < 1.29 is 29.0 Å². The molecule has 0 radical (unpaired) electrons. The van der Waals surface area contributed by atoms with Crippen molar-refractivity contribution in [3.05, 3.63) is 51.7 Å². The van der Waals surface area contributed by atoms with Crippen LogP contribution in [-0.2, 0) is 14.3 Å². The molecule has 9 heteroatoms. The summed E-state index contributed by atoms with van der Waals surface area (Å²) in [5.41, 5.74) is 0.197. The minimum Gasteiger partial charge on any atom is -0.545 e. The van der Waals surface area contributed by atoms with Crippen molar-refractivity contribution in [1.29, 1.82) is 0 Å². The molecule has 130 valence electrons. The number of esters is 1. The van der Waals surface area contributed by atoms with Crippen LogP contribution in [0.1, 0.15) is 9.67 Å². The third-order valence-corrected chi connectivity index (χ3v) is 3.90. The zero-order valence-corrected chi connectivity index (χ0v) is 14.3. The largest absolute Gasteiger partial charge is 0.545 e. The lowest BCUT2D eigenvalue weighted by atomic mass is 10.2. The third-order valence-electron chi connectivity index (χ3n) is 2.79. The number of anilines is 1. The van der Waals surface area contributed by atoms with Gasteiger partial charge >= 0.3 is 5.97 Å². The molecule has 0 atom stereocenters. The summed E-state index contributed by atoms with van der Waals surface area (Å²) in [4.78, 5) is 34.1. The van der Waals surface area contributed by atoms with Gasteiger partial charge in [0.2, 0.25) is 5.91 Å². The molecular weight excluding hydrogens is 370 g/mol. The Morgan fingerprint density at radius 2 is 1.96 bits per heavy atom. The number of carboxylic acids is 1. The van der Waals surface area contributed by atoms with Crippen molar-refractivity contribution in [2.75, 3.05) is 12.4 Å². The Kier molecular flexibility index (Phi) is 6.15. The second-order valence-electron chi connectivity index (χ2n) is 4.49. The van der Waals surface area contributed by atoms with Gasteiger partial charge in [-0.25, -0.2) is 4.79 Å². The number of carbonyl (C=O) groups is 3. The van der Waals surface area contributed by atoms with Crippen molar-refractivity contribution >= 4 is 46.5 Å². The summed E-state index contributed by atoms with van der Waals surface area (Å²) in [6.07, 6.45) is 1.39. The summed E-state index contributed by atoms with van der Waals surface area (Å²) >= 11 is 7.05. The Morgan fingerprint density at radius 3 is 2.64 bits per heavy atom. The molecule has 25 heavy (non-hydrogen) atoms. The van der Waals surface area contributed by atoms with Gasteiger partial charge in [0.05, 0.1) is 18.8 Å². The maximum atomic E-state index is 11.7. The van der Waals surface area contributed by atoms with Crippen molar-refractivity contribution in [3.8, 4) is 11.5 Å². The number of hydrogen-bond acceptors (Lipinski definition) is 7. The number of carboxylic acid groups (broad SMARTS) is 1. The number of carbonyl (C=O) groups excluding carboxylic acids is 3. The van der Waals surface area contributed by atoms with Gasteiger partial charge in [0.25, 0.3) is 0 Å². The van der Waals surface area contributed by atoms with Gasteiger partial charge in [0.1, 0.15) is 0 Å². The highest BCUT2D eigenvalue weighted by Gasteiger charge is 2.17. The predicted molar refractivity (Wildman–Crippen MR) is 90.0 cm³/mol. The van der Waals surface area contributed by atoms with Crippen molar-refractivity contribution in [2.24, 2.45) is 0 Å². The van der Waals surface area contributed by atoms with Crippen LogP contribution in [0, 0.1) is 0 Å². The summed E-state index contributed by atoms with van der Waals surface area (Å²) in [7, 11) is 1.25. The fourth-order valence-electron chi connectivity index (χ4n) is 1.74. The van der Waals surface area contributed by atoms with Gasteiger partial charge < -0.3 is 24.7 Å². The van der Waals surface area contributed by atoms with Gasteiger partial charge in [-0.05, 0) is 35.7 Å². The van der Waals surface area contributed by atoms with E-state index in [1.165, 1.54) is 25.3 Å². The molecule has 1 aromatic carbocycles. The van der Waals surface area contributed by atoms with Crippen LogP contribution in [0.2, 0.25) is 5.02 Å². The molecule has 0 aliphatic rings. The highest BCUT2D eigenvalue weighted by Crippen LogP contribution is 2.35. The molecule has 2 aromatic rings. The first-order valence-corrected chi connectivity index (χ1v) is 7.99. The molecule has 0 aliphatic carbocycles. The lowest BCUT2D eigenvalue weighted by molar-refractivity contribution is -0.297. The summed E-state index contributed by atoms with van der Waals surface area (Å²) < 4.78 is 10.3. The summed E-state index contributed by atoms with van der Waals surface area (Å²) in [6, 6.07) is 6.03. The number of methoxy groups -OCH3 is 1. The Hall–Kier alpha value is -2.84. The number of rotatable bonds is 6. The quantitative estimate of drug-likeness (QED) is 0.608. The number of aliphatic carboxylic acids is 1. The van der Waals surface area contributed by atoms with E-state index in [-0.39, 0.29) is 22.1 Å². The highest BCUT2D eigenvalue weighted by molar-refractivity contribution is 7.12. The van der Waals surface area contributed by atoms with Crippen LogP contribution < -0.4 is 15.2 Å². The molecule has 0 fully saturated rings. The standard InChI is InChI=1S/C16H12ClNO6S/c1-23-16(22)15-12(6-7-25-15)24-11-3-2-9(17)8-10(11)18-13(19)4-5-14(20)21/h2-8H,1H3,(H,18,19)(H,20,21)/p-1/b5-4+. The SMILES string of the molecule is COC(=O)c1sccc1Oc1ccc(Cl)cc1NC(=O)/C=C/C(=O)[O-].